The number of rotatable bonds is 6. The van der Waals surface area contributed by atoms with Crippen LogP contribution in [0.5, 0.6) is 0 Å². The van der Waals surface area contributed by atoms with Crippen molar-refractivity contribution in [2.75, 3.05) is 18.5 Å². The molecule has 0 saturated heterocycles. The lowest BCUT2D eigenvalue weighted by atomic mass is 10.0. The first-order valence-electron chi connectivity index (χ1n) is 6.20. The predicted molar refractivity (Wildman–Crippen MR) is 77.4 cm³/mol. The summed E-state index contributed by atoms with van der Waals surface area (Å²) in [6, 6.07) is 6.10. The van der Waals surface area contributed by atoms with E-state index in [4.69, 9.17) is 0 Å². The minimum Gasteiger partial charge on any atom is -0.480 e. The molecular weight excluding hydrogens is 280 g/mol. The van der Waals surface area contributed by atoms with Crippen LogP contribution in [0.25, 0.3) is 0 Å². The number of aliphatic carboxylic acids is 1. The van der Waals surface area contributed by atoms with Crippen molar-refractivity contribution in [2.24, 2.45) is 0 Å². The maximum Gasteiger partial charge on any atom is 0.328 e. The van der Waals surface area contributed by atoms with Crippen molar-refractivity contribution >= 4 is 21.7 Å². The SMILES string of the molecule is CCNS(=O)(=O)c1ccc(N(C)C(C)(C)C(=O)O)cc1. The highest BCUT2D eigenvalue weighted by atomic mass is 32.2. The van der Waals surface area contributed by atoms with Crippen LogP contribution in [0.2, 0.25) is 0 Å². The molecule has 0 bridgehead atoms. The third-order valence-corrected chi connectivity index (χ3v) is 4.79. The van der Waals surface area contributed by atoms with E-state index in [-0.39, 0.29) is 4.90 Å². The van der Waals surface area contributed by atoms with E-state index in [1.165, 1.54) is 12.1 Å². The van der Waals surface area contributed by atoms with Gasteiger partial charge >= 0.3 is 5.97 Å². The van der Waals surface area contributed by atoms with Crippen LogP contribution in [0, 0.1) is 0 Å². The van der Waals surface area contributed by atoms with Crippen LogP contribution in [-0.4, -0.2) is 38.6 Å². The summed E-state index contributed by atoms with van der Waals surface area (Å²) in [7, 11) is -1.83. The van der Waals surface area contributed by atoms with E-state index >= 15 is 0 Å². The van der Waals surface area contributed by atoms with Gasteiger partial charge in [-0.3, -0.25) is 0 Å². The number of carbonyl (C=O) groups is 1. The lowest BCUT2D eigenvalue weighted by Crippen LogP contribution is -2.48. The summed E-state index contributed by atoms with van der Waals surface area (Å²) in [5.41, 5.74) is -0.449. The van der Waals surface area contributed by atoms with Gasteiger partial charge in [-0.1, -0.05) is 6.92 Å². The van der Waals surface area contributed by atoms with Gasteiger partial charge in [-0.05, 0) is 38.1 Å². The number of hydrogen-bond acceptors (Lipinski definition) is 4. The minimum absolute atomic E-state index is 0.157. The van der Waals surface area contributed by atoms with Crippen molar-refractivity contribution in [3.05, 3.63) is 24.3 Å². The highest BCUT2D eigenvalue weighted by molar-refractivity contribution is 7.89. The maximum atomic E-state index is 11.8. The zero-order valence-electron chi connectivity index (χ0n) is 12.0. The first kappa shape index (κ1) is 16.5. The fraction of sp³-hybridized carbons (Fsp3) is 0.462. The Balaban J connectivity index is 3.06. The molecule has 0 amide bonds. The standard InChI is InChI=1S/C13H20N2O4S/c1-5-14-20(18,19)11-8-6-10(7-9-11)15(4)13(2,3)12(16)17/h6-9,14H,5H2,1-4H3,(H,16,17). The van der Waals surface area contributed by atoms with Crippen molar-refractivity contribution in [2.45, 2.75) is 31.2 Å². The third kappa shape index (κ3) is 3.29. The zero-order valence-corrected chi connectivity index (χ0v) is 12.9. The van der Waals surface area contributed by atoms with Crippen LogP contribution in [0.3, 0.4) is 0 Å². The van der Waals surface area contributed by atoms with Gasteiger partial charge < -0.3 is 10.0 Å². The predicted octanol–water partition coefficient (Wildman–Crippen LogP) is 1.28. The van der Waals surface area contributed by atoms with Gasteiger partial charge in [0.1, 0.15) is 5.54 Å². The summed E-state index contributed by atoms with van der Waals surface area (Å²) in [5, 5.41) is 9.18. The van der Waals surface area contributed by atoms with E-state index in [1.54, 1.807) is 44.9 Å². The van der Waals surface area contributed by atoms with Crippen molar-refractivity contribution < 1.29 is 18.3 Å². The van der Waals surface area contributed by atoms with Crippen molar-refractivity contribution in [3.8, 4) is 0 Å². The lowest BCUT2D eigenvalue weighted by molar-refractivity contribution is -0.142. The van der Waals surface area contributed by atoms with Gasteiger partial charge in [0.15, 0.2) is 0 Å². The fourth-order valence-electron chi connectivity index (χ4n) is 1.59. The van der Waals surface area contributed by atoms with Crippen LogP contribution >= 0.6 is 0 Å². The summed E-state index contributed by atoms with van der Waals surface area (Å²) in [6.45, 7) is 5.18. The van der Waals surface area contributed by atoms with Gasteiger partial charge in [0, 0.05) is 19.3 Å². The monoisotopic (exact) mass is 300 g/mol. The molecule has 0 aromatic heterocycles. The Hall–Kier alpha value is -1.60. The van der Waals surface area contributed by atoms with Gasteiger partial charge in [0.2, 0.25) is 10.0 Å². The molecule has 0 spiro atoms. The number of nitrogens with one attached hydrogen (secondary N) is 1. The molecule has 0 fully saturated rings. The Morgan fingerprint density at radius 2 is 1.80 bits per heavy atom. The molecule has 0 radical (unpaired) electrons. The number of benzene rings is 1. The molecule has 0 unspecified atom stereocenters. The largest absolute Gasteiger partial charge is 0.480 e. The van der Waals surface area contributed by atoms with E-state index in [2.05, 4.69) is 4.72 Å². The summed E-state index contributed by atoms with van der Waals surface area (Å²) in [6.07, 6.45) is 0. The molecule has 6 nitrogen and oxygen atoms in total. The number of nitrogens with zero attached hydrogens (tertiary/aromatic N) is 1. The third-order valence-electron chi connectivity index (χ3n) is 3.23. The molecule has 1 aromatic carbocycles. The molecule has 0 atom stereocenters. The molecule has 2 N–H and O–H groups in total. The molecule has 0 aliphatic rings. The van der Waals surface area contributed by atoms with Gasteiger partial charge in [0.25, 0.3) is 0 Å². The Kier molecular flexibility index (Phi) is 4.77. The lowest BCUT2D eigenvalue weighted by Gasteiger charge is -2.33. The van der Waals surface area contributed by atoms with Gasteiger partial charge in [-0.25, -0.2) is 17.9 Å². The molecule has 1 rings (SSSR count). The maximum absolute atomic E-state index is 11.8. The zero-order chi connectivity index (χ0) is 15.6. The Morgan fingerprint density at radius 1 is 1.30 bits per heavy atom. The number of likely N-dealkylation sites (N-methyl/N-ethyl adjacent to an activating group) is 1. The highest BCUT2D eigenvalue weighted by Crippen LogP contribution is 2.23. The van der Waals surface area contributed by atoms with Gasteiger partial charge in [0.05, 0.1) is 4.90 Å². The fourth-order valence-corrected chi connectivity index (χ4v) is 2.63. The molecule has 0 aliphatic carbocycles. The Morgan fingerprint density at radius 3 is 2.20 bits per heavy atom. The van der Waals surface area contributed by atoms with Crippen LogP contribution < -0.4 is 9.62 Å². The molecule has 20 heavy (non-hydrogen) atoms. The molecule has 0 heterocycles. The summed E-state index contributed by atoms with van der Waals surface area (Å²) in [5.74, 6) is -0.954. The topological polar surface area (TPSA) is 86.7 Å². The van der Waals surface area contributed by atoms with Crippen molar-refractivity contribution in [1.29, 1.82) is 0 Å². The average Bonchev–Trinajstić information content (AvgIpc) is 2.37. The Labute approximate surface area is 119 Å². The number of carboxylic acid groups (broad SMARTS) is 1. The molecular formula is C13H20N2O4S. The second kappa shape index (κ2) is 5.80. The number of sulfonamides is 1. The second-order valence-electron chi connectivity index (χ2n) is 4.92. The van der Waals surface area contributed by atoms with E-state index in [0.717, 1.165) is 0 Å². The molecule has 0 aliphatic heterocycles. The van der Waals surface area contributed by atoms with Crippen LogP contribution in [0.4, 0.5) is 5.69 Å². The van der Waals surface area contributed by atoms with Crippen molar-refractivity contribution in [1.82, 2.24) is 4.72 Å². The molecule has 1 aromatic rings. The van der Waals surface area contributed by atoms with E-state index < -0.39 is 21.5 Å². The number of anilines is 1. The smallest absolute Gasteiger partial charge is 0.328 e. The highest BCUT2D eigenvalue weighted by Gasteiger charge is 2.32. The van der Waals surface area contributed by atoms with Crippen molar-refractivity contribution in [3.63, 3.8) is 0 Å². The summed E-state index contributed by atoms with van der Waals surface area (Å²) >= 11 is 0. The van der Waals surface area contributed by atoms with E-state index in [9.17, 15) is 18.3 Å². The van der Waals surface area contributed by atoms with Crippen LogP contribution in [0.1, 0.15) is 20.8 Å². The number of hydrogen-bond donors (Lipinski definition) is 2. The molecule has 7 heteroatoms. The first-order chi connectivity index (χ1) is 9.13. The van der Waals surface area contributed by atoms with E-state index in [1.807, 2.05) is 0 Å². The first-order valence-corrected chi connectivity index (χ1v) is 7.68. The molecule has 112 valence electrons. The van der Waals surface area contributed by atoms with Crippen LogP contribution in [0.15, 0.2) is 29.2 Å². The summed E-state index contributed by atoms with van der Waals surface area (Å²) < 4.78 is 26.0. The molecule has 0 saturated carbocycles. The Bertz CT molecular complexity index is 579. The average molecular weight is 300 g/mol. The quantitative estimate of drug-likeness (QED) is 0.826. The summed E-state index contributed by atoms with van der Waals surface area (Å²) in [4.78, 5) is 12.9. The van der Waals surface area contributed by atoms with Gasteiger partial charge in [-0.2, -0.15) is 0 Å². The minimum atomic E-state index is -3.49. The van der Waals surface area contributed by atoms with Gasteiger partial charge in [-0.15, -0.1) is 0 Å². The normalized spacial score (nSPS) is 12.2. The number of carboxylic acids is 1. The second-order valence-corrected chi connectivity index (χ2v) is 6.69. The van der Waals surface area contributed by atoms with E-state index in [0.29, 0.717) is 12.2 Å². The van der Waals surface area contributed by atoms with Crippen LogP contribution in [-0.2, 0) is 14.8 Å².